The highest BCUT2D eigenvalue weighted by Crippen LogP contribution is 2.13. The molecule has 0 bridgehead atoms. The van der Waals surface area contributed by atoms with Crippen LogP contribution in [0, 0.1) is 0 Å². The van der Waals surface area contributed by atoms with Gasteiger partial charge in [0.25, 0.3) is 0 Å². The summed E-state index contributed by atoms with van der Waals surface area (Å²) >= 11 is 0. The average molecular weight is 211 g/mol. The highest BCUT2D eigenvalue weighted by Gasteiger charge is 2.19. The number of hydrogen-bond acceptors (Lipinski definition) is 3. The minimum absolute atomic E-state index is 0.0860. The molecule has 1 saturated heterocycles. The molecule has 1 fully saturated rings. The lowest BCUT2D eigenvalue weighted by Gasteiger charge is -2.31. The van der Waals surface area contributed by atoms with Crippen LogP contribution in [0.1, 0.15) is 39.5 Å². The van der Waals surface area contributed by atoms with E-state index in [4.69, 9.17) is 4.74 Å². The van der Waals surface area contributed by atoms with Gasteiger partial charge in [0.2, 0.25) is 0 Å². The maximum atomic E-state index is 11.4. The molecule has 1 atom stereocenters. The monoisotopic (exact) mass is 211 g/mol. The number of piperidine rings is 1. The van der Waals surface area contributed by atoms with Crippen LogP contribution < -0.4 is 0 Å². The van der Waals surface area contributed by atoms with Gasteiger partial charge in [-0.1, -0.05) is 18.6 Å². The lowest BCUT2D eigenvalue weighted by molar-refractivity contribution is -0.157. The van der Waals surface area contributed by atoms with Crippen molar-refractivity contribution in [2.45, 2.75) is 45.8 Å². The minimum Gasteiger partial charge on any atom is -0.446 e. The smallest absolute Gasteiger partial charge is 0.311 e. The van der Waals surface area contributed by atoms with Crippen molar-refractivity contribution < 1.29 is 9.53 Å². The van der Waals surface area contributed by atoms with Crippen molar-refractivity contribution >= 4 is 5.97 Å². The normalized spacial score (nSPS) is 19.6. The van der Waals surface area contributed by atoms with Crippen LogP contribution in [-0.4, -0.2) is 30.2 Å². The van der Waals surface area contributed by atoms with Gasteiger partial charge in [0.1, 0.15) is 0 Å². The van der Waals surface area contributed by atoms with Crippen molar-refractivity contribution in [2.75, 3.05) is 13.1 Å². The van der Waals surface area contributed by atoms with Crippen molar-refractivity contribution in [3.8, 4) is 0 Å². The standard InChI is InChI=1S/C12H21NO2/c1-10(2)9-12(14)15-11(3)13-7-5-4-6-8-13/h11H,1,4-9H2,2-3H3. The predicted octanol–water partition coefficient (Wildman–Crippen LogP) is 2.33. The highest BCUT2D eigenvalue weighted by atomic mass is 16.6. The number of carbonyl (C=O) groups excluding carboxylic acids is 1. The van der Waals surface area contributed by atoms with Gasteiger partial charge in [0, 0.05) is 13.1 Å². The van der Waals surface area contributed by atoms with Gasteiger partial charge in [-0.3, -0.25) is 9.69 Å². The van der Waals surface area contributed by atoms with Gasteiger partial charge in [-0.25, -0.2) is 0 Å². The van der Waals surface area contributed by atoms with Gasteiger partial charge in [0.05, 0.1) is 6.42 Å². The van der Waals surface area contributed by atoms with Gasteiger partial charge in [-0.15, -0.1) is 0 Å². The van der Waals surface area contributed by atoms with Crippen molar-refractivity contribution in [3.63, 3.8) is 0 Å². The van der Waals surface area contributed by atoms with Gasteiger partial charge in [0.15, 0.2) is 6.23 Å². The quantitative estimate of drug-likeness (QED) is 0.528. The van der Waals surface area contributed by atoms with E-state index >= 15 is 0 Å². The van der Waals surface area contributed by atoms with Crippen LogP contribution in [0.15, 0.2) is 12.2 Å². The fourth-order valence-corrected chi connectivity index (χ4v) is 1.83. The third-order valence-corrected chi connectivity index (χ3v) is 2.65. The number of likely N-dealkylation sites (tertiary alicyclic amines) is 1. The molecule has 3 nitrogen and oxygen atoms in total. The first kappa shape index (κ1) is 12.2. The van der Waals surface area contributed by atoms with Crippen LogP contribution in [0.25, 0.3) is 0 Å². The number of carbonyl (C=O) groups is 1. The summed E-state index contributed by atoms with van der Waals surface area (Å²) in [5.41, 5.74) is 0.853. The van der Waals surface area contributed by atoms with Crippen LogP contribution in [0.3, 0.4) is 0 Å². The summed E-state index contributed by atoms with van der Waals surface area (Å²) in [5, 5.41) is 0. The molecule has 0 saturated carbocycles. The van der Waals surface area contributed by atoms with E-state index in [1.807, 2.05) is 13.8 Å². The molecule has 0 N–H and O–H groups in total. The molecule has 0 radical (unpaired) electrons. The first-order chi connectivity index (χ1) is 7.09. The summed E-state index contributed by atoms with van der Waals surface area (Å²) in [7, 11) is 0. The fourth-order valence-electron chi connectivity index (χ4n) is 1.83. The van der Waals surface area contributed by atoms with E-state index in [1.54, 1.807) is 0 Å². The Kier molecular flexibility index (Phi) is 4.82. The van der Waals surface area contributed by atoms with E-state index in [0.717, 1.165) is 18.7 Å². The number of esters is 1. The van der Waals surface area contributed by atoms with Gasteiger partial charge in [-0.05, 0) is 26.7 Å². The maximum absolute atomic E-state index is 11.4. The molecule has 1 aliphatic rings. The molecule has 0 aromatic heterocycles. The van der Waals surface area contributed by atoms with Crippen molar-refractivity contribution in [1.82, 2.24) is 4.90 Å². The van der Waals surface area contributed by atoms with Gasteiger partial charge >= 0.3 is 5.97 Å². The van der Waals surface area contributed by atoms with Crippen LogP contribution in [0.5, 0.6) is 0 Å². The van der Waals surface area contributed by atoms with E-state index in [-0.39, 0.29) is 12.2 Å². The maximum Gasteiger partial charge on any atom is 0.311 e. The molecule has 0 aliphatic carbocycles. The number of hydrogen-bond donors (Lipinski definition) is 0. The molecular formula is C12H21NO2. The minimum atomic E-state index is -0.166. The van der Waals surface area contributed by atoms with Crippen LogP contribution in [0.2, 0.25) is 0 Å². The Balaban J connectivity index is 2.30. The molecule has 0 aromatic carbocycles. The van der Waals surface area contributed by atoms with Gasteiger partial charge in [-0.2, -0.15) is 0 Å². The lowest BCUT2D eigenvalue weighted by atomic mass is 10.1. The Bertz CT molecular complexity index is 232. The molecule has 3 heteroatoms. The molecule has 1 heterocycles. The molecule has 1 aliphatic heterocycles. The van der Waals surface area contributed by atoms with Crippen LogP contribution in [0.4, 0.5) is 0 Å². The molecule has 86 valence electrons. The average Bonchev–Trinajstić information content (AvgIpc) is 2.17. The van der Waals surface area contributed by atoms with Crippen LogP contribution >= 0.6 is 0 Å². The largest absolute Gasteiger partial charge is 0.446 e. The Morgan fingerprint density at radius 1 is 1.40 bits per heavy atom. The molecule has 1 unspecified atom stereocenters. The van der Waals surface area contributed by atoms with Crippen molar-refractivity contribution in [1.29, 1.82) is 0 Å². The highest BCUT2D eigenvalue weighted by molar-refractivity contribution is 5.72. The Morgan fingerprint density at radius 3 is 2.53 bits per heavy atom. The Morgan fingerprint density at radius 2 is 2.00 bits per heavy atom. The summed E-state index contributed by atoms with van der Waals surface area (Å²) in [6.07, 6.45) is 3.96. The Hall–Kier alpha value is -0.830. The first-order valence-corrected chi connectivity index (χ1v) is 5.67. The lowest BCUT2D eigenvalue weighted by Crippen LogP contribution is -2.40. The van der Waals surface area contributed by atoms with E-state index in [1.165, 1.54) is 19.3 Å². The van der Waals surface area contributed by atoms with E-state index in [9.17, 15) is 4.79 Å². The molecular weight excluding hydrogens is 190 g/mol. The second-order valence-electron chi connectivity index (χ2n) is 4.32. The number of nitrogens with zero attached hydrogens (tertiary/aromatic N) is 1. The Labute approximate surface area is 92.1 Å². The third-order valence-electron chi connectivity index (χ3n) is 2.65. The SMILES string of the molecule is C=C(C)CC(=O)OC(C)N1CCCCC1. The van der Waals surface area contributed by atoms with E-state index < -0.39 is 0 Å². The molecule has 15 heavy (non-hydrogen) atoms. The zero-order chi connectivity index (χ0) is 11.3. The number of ether oxygens (including phenoxy) is 1. The second kappa shape index (κ2) is 5.91. The molecule has 0 amide bonds. The zero-order valence-corrected chi connectivity index (χ0v) is 9.79. The van der Waals surface area contributed by atoms with E-state index in [0.29, 0.717) is 6.42 Å². The predicted molar refractivity (Wildman–Crippen MR) is 60.4 cm³/mol. The second-order valence-corrected chi connectivity index (χ2v) is 4.32. The van der Waals surface area contributed by atoms with Gasteiger partial charge < -0.3 is 4.74 Å². The van der Waals surface area contributed by atoms with Crippen LogP contribution in [-0.2, 0) is 9.53 Å². The summed E-state index contributed by atoms with van der Waals surface area (Å²) in [4.78, 5) is 13.6. The first-order valence-electron chi connectivity index (χ1n) is 5.67. The van der Waals surface area contributed by atoms with E-state index in [2.05, 4.69) is 11.5 Å². The third kappa shape index (κ3) is 4.47. The molecule has 1 rings (SSSR count). The van der Waals surface area contributed by atoms with Crippen molar-refractivity contribution in [3.05, 3.63) is 12.2 Å². The molecule has 0 aromatic rings. The summed E-state index contributed by atoms with van der Waals surface area (Å²) in [6, 6.07) is 0. The molecule has 0 spiro atoms. The fraction of sp³-hybridized carbons (Fsp3) is 0.750. The van der Waals surface area contributed by atoms with Crippen molar-refractivity contribution in [2.24, 2.45) is 0 Å². The topological polar surface area (TPSA) is 29.5 Å². The number of rotatable bonds is 4. The summed E-state index contributed by atoms with van der Waals surface area (Å²) < 4.78 is 5.33. The summed E-state index contributed by atoms with van der Waals surface area (Å²) in [5.74, 6) is -0.166. The zero-order valence-electron chi connectivity index (χ0n) is 9.79. The summed E-state index contributed by atoms with van der Waals surface area (Å²) in [6.45, 7) is 9.57.